The standard InChI is InChI=1S/C16H24N4O2/c1-11(17)16(22)19-14-4-2-3-12(9-14)10-20-7-5-13(6-8-20)15(18)21/h2-4,9,11,13H,5-8,10,17H2,1H3,(H2,18,21)(H,19,22)/t11-/m1/s1. The number of benzene rings is 1. The van der Waals surface area contributed by atoms with Crippen molar-refractivity contribution < 1.29 is 9.59 Å². The van der Waals surface area contributed by atoms with Crippen molar-refractivity contribution in [1.82, 2.24) is 4.90 Å². The molecule has 2 amide bonds. The number of nitrogens with two attached hydrogens (primary N) is 2. The normalized spacial score (nSPS) is 17.9. The summed E-state index contributed by atoms with van der Waals surface area (Å²) in [6.07, 6.45) is 1.63. The molecule has 6 heteroatoms. The summed E-state index contributed by atoms with van der Waals surface area (Å²) in [5.74, 6) is -0.382. The van der Waals surface area contributed by atoms with Crippen molar-refractivity contribution in [2.45, 2.75) is 32.4 Å². The Morgan fingerprint density at radius 1 is 1.36 bits per heavy atom. The van der Waals surface area contributed by atoms with Gasteiger partial charge in [-0.05, 0) is 50.6 Å². The van der Waals surface area contributed by atoms with E-state index in [1.807, 2.05) is 24.3 Å². The van der Waals surface area contributed by atoms with E-state index < -0.39 is 6.04 Å². The second-order valence-electron chi connectivity index (χ2n) is 5.93. The number of hydrogen-bond donors (Lipinski definition) is 3. The summed E-state index contributed by atoms with van der Waals surface area (Å²) in [6, 6.07) is 7.23. The lowest BCUT2D eigenvalue weighted by molar-refractivity contribution is -0.123. The number of nitrogens with zero attached hydrogens (tertiary/aromatic N) is 1. The highest BCUT2D eigenvalue weighted by molar-refractivity contribution is 5.94. The average molecular weight is 304 g/mol. The third-order valence-corrected chi connectivity index (χ3v) is 4.00. The Morgan fingerprint density at radius 2 is 2.05 bits per heavy atom. The molecule has 1 saturated heterocycles. The number of carbonyl (C=O) groups is 2. The molecule has 0 saturated carbocycles. The number of likely N-dealkylation sites (tertiary alicyclic amines) is 1. The first kappa shape index (κ1) is 16.5. The summed E-state index contributed by atoms with van der Waals surface area (Å²) in [4.78, 5) is 25.1. The summed E-state index contributed by atoms with van der Waals surface area (Å²) < 4.78 is 0. The number of nitrogens with one attached hydrogen (secondary N) is 1. The zero-order chi connectivity index (χ0) is 16.1. The molecular formula is C16H24N4O2. The minimum absolute atomic E-state index is 0.00733. The Balaban J connectivity index is 1.91. The van der Waals surface area contributed by atoms with E-state index >= 15 is 0 Å². The summed E-state index contributed by atoms with van der Waals surface area (Å²) in [6.45, 7) is 4.18. The van der Waals surface area contributed by atoms with Gasteiger partial charge in [0.1, 0.15) is 0 Å². The van der Waals surface area contributed by atoms with Crippen molar-refractivity contribution in [3.8, 4) is 0 Å². The van der Waals surface area contributed by atoms with Gasteiger partial charge in [-0.1, -0.05) is 12.1 Å². The topological polar surface area (TPSA) is 101 Å². The van der Waals surface area contributed by atoms with Gasteiger partial charge in [-0.15, -0.1) is 0 Å². The smallest absolute Gasteiger partial charge is 0.240 e. The molecule has 1 fully saturated rings. The van der Waals surface area contributed by atoms with E-state index in [1.165, 1.54) is 0 Å². The van der Waals surface area contributed by atoms with Crippen LogP contribution in [0, 0.1) is 5.92 Å². The van der Waals surface area contributed by atoms with Crippen LogP contribution in [0.15, 0.2) is 24.3 Å². The molecule has 6 nitrogen and oxygen atoms in total. The third-order valence-electron chi connectivity index (χ3n) is 4.00. The Labute approximate surface area is 130 Å². The van der Waals surface area contributed by atoms with Gasteiger partial charge < -0.3 is 16.8 Å². The zero-order valence-electron chi connectivity index (χ0n) is 12.9. The Kier molecular flexibility index (Phi) is 5.51. The second kappa shape index (κ2) is 7.38. The Morgan fingerprint density at radius 3 is 2.64 bits per heavy atom. The van der Waals surface area contributed by atoms with Gasteiger partial charge in [0, 0.05) is 18.2 Å². The molecule has 0 bridgehead atoms. The lowest BCUT2D eigenvalue weighted by atomic mass is 9.96. The number of amides is 2. The van der Waals surface area contributed by atoms with Crippen LogP contribution < -0.4 is 16.8 Å². The van der Waals surface area contributed by atoms with Crippen LogP contribution >= 0.6 is 0 Å². The number of hydrogen-bond acceptors (Lipinski definition) is 4. The quantitative estimate of drug-likeness (QED) is 0.744. The van der Waals surface area contributed by atoms with E-state index in [0.717, 1.165) is 43.7 Å². The van der Waals surface area contributed by atoms with Crippen LogP contribution in [0.25, 0.3) is 0 Å². The minimum Gasteiger partial charge on any atom is -0.369 e. The lowest BCUT2D eigenvalue weighted by Gasteiger charge is -2.30. The molecule has 120 valence electrons. The van der Waals surface area contributed by atoms with Crippen LogP contribution in [0.2, 0.25) is 0 Å². The van der Waals surface area contributed by atoms with Crippen molar-refractivity contribution in [3.05, 3.63) is 29.8 Å². The van der Waals surface area contributed by atoms with Gasteiger partial charge >= 0.3 is 0 Å². The van der Waals surface area contributed by atoms with Crippen molar-refractivity contribution in [3.63, 3.8) is 0 Å². The molecule has 5 N–H and O–H groups in total. The summed E-state index contributed by atoms with van der Waals surface area (Å²) in [5, 5.41) is 2.80. The monoisotopic (exact) mass is 304 g/mol. The largest absolute Gasteiger partial charge is 0.369 e. The number of anilines is 1. The van der Waals surface area contributed by atoms with Gasteiger partial charge in [0.25, 0.3) is 0 Å². The molecule has 1 atom stereocenters. The zero-order valence-corrected chi connectivity index (χ0v) is 12.9. The molecule has 1 aliphatic heterocycles. The average Bonchev–Trinajstić information content (AvgIpc) is 2.48. The minimum atomic E-state index is -0.531. The molecule has 0 spiro atoms. The molecule has 1 aliphatic rings. The highest BCUT2D eigenvalue weighted by Gasteiger charge is 2.22. The van der Waals surface area contributed by atoms with Crippen LogP contribution in [0.4, 0.5) is 5.69 Å². The second-order valence-corrected chi connectivity index (χ2v) is 5.93. The first-order valence-electron chi connectivity index (χ1n) is 7.63. The van der Waals surface area contributed by atoms with Gasteiger partial charge in [0.05, 0.1) is 6.04 Å². The van der Waals surface area contributed by atoms with E-state index in [2.05, 4.69) is 10.2 Å². The fraction of sp³-hybridized carbons (Fsp3) is 0.500. The molecular weight excluding hydrogens is 280 g/mol. The predicted octanol–water partition coefficient (Wildman–Crippen LogP) is 0.670. The lowest BCUT2D eigenvalue weighted by Crippen LogP contribution is -2.38. The van der Waals surface area contributed by atoms with E-state index in [4.69, 9.17) is 11.5 Å². The maximum absolute atomic E-state index is 11.6. The molecule has 1 heterocycles. The summed E-state index contributed by atoms with van der Waals surface area (Å²) in [7, 11) is 0. The maximum atomic E-state index is 11.6. The van der Waals surface area contributed by atoms with E-state index in [-0.39, 0.29) is 17.7 Å². The number of carbonyl (C=O) groups excluding carboxylic acids is 2. The Hall–Kier alpha value is -1.92. The highest BCUT2D eigenvalue weighted by Crippen LogP contribution is 2.20. The number of primary amides is 1. The van der Waals surface area contributed by atoms with Gasteiger partial charge in [0.2, 0.25) is 11.8 Å². The molecule has 0 aliphatic carbocycles. The molecule has 0 aromatic heterocycles. The number of piperidine rings is 1. The van der Waals surface area contributed by atoms with Crippen molar-refractivity contribution in [2.24, 2.45) is 17.4 Å². The van der Waals surface area contributed by atoms with Gasteiger partial charge in [0.15, 0.2) is 0 Å². The predicted molar refractivity (Wildman–Crippen MR) is 85.9 cm³/mol. The van der Waals surface area contributed by atoms with Gasteiger partial charge in [-0.2, -0.15) is 0 Å². The van der Waals surface area contributed by atoms with Crippen LogP contribution in [-0.2, 0) is 16.1 Å². The van der Waals surface area contributed by atoms with Crippen molar-refractivity contribution in [1.29, 1.82) is 0 Å². The van der Waals surface area contributed by atoms with E-state index in [1.54, 1.807) is 6.92 Å². The van der Waals surface area contributed by atoms with Gasteiger partial charge in [-0.3, -0.25) is 14.5 Å². The van der Waals surface area contributed by atoms with E-state index in [9.17, 15) is 9.59 Å². The molecule has 2 rings (SSSR count). The maximum Gasteiger partial charge on any atom is 0.240 e. The SMILES string of the molecule is C[C@@H](N)C(=O)Nc1cccc(CN2CCC(C(N)=O)CC2)c1. The fourth-order valence-corrected chi connectivity index (χ4v) is 2.64. The first-order valence-corrected chi connectivity index (χ1v) is 7.63. The molecule has 0 unspecified atom stereocenters. The number of rotatable bonds is 5. The van der Waals surface area contributed by atoms with Crippen molar-refractivity contribution >= 4 is 17.5 Å². The summed E-state index contributed by atoms with van der Waals surface area (Å²) in [5.41, 5.74) is 12.8. The first-order chi connectivity index (χ1) is 10.5. The van der Waals surface area contributed by atoms with Gasteiger partial charge in [-0.25, -0.2) is 0 Å². The molecule has 1 aromatic carbocycles. The molecule has 22 heavy (non-hydrogen) atoms. The molecule has 0 radical (unpaired) electrons. The van der Waals surface area contributed by atoms with Crippen molar-refractivity contribution in [2.75, 3.05) is 18.4 Å². The summed E-state index contributed by atoms with van der Waals surface area (Å²) >= 11 is 0. The van der Waals surface area contributed by atoms with Crippen LogP contribution in [0.3, 0.4) is 0 Å². The fourth-order valence-electron chi connectivity index (χ4n) is 2.64. The van der Waals surface area contributed by atoms with Crippen LogP contribution in [-0.4, -0.2) is 35.8 Å². The third kappa shape index (κ3) is 4.54. The van der Waals surface area contributed by atoms with Crippen LogP contribution in [0.5, 0.6) is 0 Å². The highest BCUT2D eigenvalue weighted by atomic mass is 16.2. The molecule has 1 aromatic rings. The Bertz CT molecular complexity index is 537. The van der Waals surface area contributed by atoms with E-state index in [0.29, 0.717) is 0 Å². The van der Waals surface area contributed by atoms with Crippen LogP contribution in [0.1, 0.15) is 25.3 Å².